The van der Waals surface area contributed by atoms with Crippen LogP contribution in [0.15, 0.2) is 0 Å². The summed E-state index contributed by atoms with van der Waals surface area (Å²) in [5.41, 5.74) is 0. The van der Waals surface area contributed by atoms with Crippen LogP contribution in [0.2, 0.25) is 0 Å². The molecule has 0 aromatic heterocycles. The van der Waals surface area contributed by atoms with Gasteiger partial charge >= 0.3 is 0 Å². The zero-order valence-electron chi connectivity index (χ0n) is 6.25. The zero-order chi connectivity index (χ0) is 6.81. The Kier molecular flexibility index (Phi) is 1.91. The van der Waals surface area contributed by atoms with Crippen LogP contribution in [0, 0.1) is 5.92 Å². The third-order valence-electron chi connectivity index (χ3n) is 2.57. The van der Waals surface area contributed by atoms with Crippen LogP contribution in [-0.2, 0) is 4.74 Å². The van der Waals surface area contributed by atoms with Gasteiger partial charge in [-0.3, -0.25) is 0 Å². The van der Waals surface area contributed by atoms with Crippen molar-refractivity contribution in [3.63, 3.8) is 0 Å². The van der Waals surface area contributed by atoms with Crippen molar-refractivity contribution in [2.45, 2.75) is 25.4 Å². The minimum Gasteiger partial charge on any atom is -0.375 e. The summed E-state index contributed by atoms with van der Waals surface area (Å²) in [6, 6.07) is 0. The standard InChI is InChI=1S/C8H14NO/c1-2-7(3-1)8-6-9-4-5-10-8/h7-8H,1-6H2. The molecule has 0 aromatic carbocycles. The summed E-state index contributed by atoms with van der Waals surface area (Å²) in [4.78, 5) is 0. The molecule has 1 saturated heterocycles. The molecule has 2 rings (SSSR count). The average molecular weight is 140 g/mol. The lowest BCUT2D eigenvalue weighted by Crippen LogP contribution is -2.41. The van der Waals surface area contributed by atoms with Crippen LogP contribution in [0.25, 0.3) is 0 Å². The van der Waals surface area contributed by atoms with E-state index in [1.165, 1.54) is 19.3 Å². The second-order valence-corrected chi connectivity index (χ2v) is 3.23. The second kappa shape index (κ2) is 2.89. The van der Waals surface area contributed by atoms with E-state index >= 15 is 0 Å². The molecule has 2 aliphatic rings. The van der Waals surface area contributed by atoms with Gasteiger partial charge in [-0.15, -0.1) is 0 Å². The molecule has 0 aromatic rings. The Labute approximate surface area is 61.9 Å². The number of rotatable bonds is 1. The van der Waals surface area contributed by atoms with Gasteiger partial charge in [-0.1, -0.05) is 6.42 Å². The van der Waals surface area contributed by atoms with Gasteiger partial charge < -0.3 is 4.74 Å². The molecule has 2 fully saturated rings. The third-order valence-corrected chi connectivity index (χ3v) is 2.57. The summed E-state index contributed by atoms with van der Waals surface area (Å²) < 4.78 is 5.59. The minimum atomic E-state index is 0.488. The van der Waals surface area contributed by atoms with E-state index in [9.17, 15) is 0 Å². The first-order valence-corrected chi connectivity index (χ1v) is 4.21. The van der Waals surface area contributed by atoms with Crippen LogP contribution in [0.4, 0.5) is 0 Å². The Hall–Kier alpha value is -0.0800. The number of ether oxygens (including phenoxy) is 1. The summed E-state index contributed by atoms with van der Waals surface area (Å²) in [6.07, 6.45) is 4.65. The van der Waals surface area contributed by atoms with E-state index in [0.29, 0.717) is 6.10 Å². The largest absolute Gasteiger partial charge is 0.375 e. The molecule has 2 nitrogen and oxygen atoms in total. The molecule has 0 spiro atoms. The first-order chi connectivity index (χ1) is 4.97. The number of hydrogen-bond acceptors (Lipinski definition) is 1. The van der Waals surface area contributed by atoms with Crippen LogP contribution < -0.4 is 5.32 Å². The quantitative estimate of drug-likeness (QED) is 0.528. The van der Waals surface area contributed by atoms with Crippen molar-refractivity contribution in [1.82, 2.24) is 5.32 Å². The normalized spacial score (nSPS) is 35.4. The first-order valence-electron chi connectivity index (χ1n) is 4.21. The number of hydrogen-bond donors (Lipinski definition) is 0. The van der Waals surface area contributed by atoms with Crippen LogP contribution in [0.5, 0.6) is 0 Å². The first kappa shape index (κ1) is 6.62. The van der Waals surface area contributed by atoms with Crippen LogP contribution in [0.1, 0.15) is 19.3 Å². The molecule has 2 heteroatoms. The van der Waals surface area contributed by atoms with Crippen LogP contribution in [-0.4, -0.2) is 25.8 Å². The van der Waals surface area contributed by atoms with Crippen LogP contribution >= 0.6 is 0 Å². The monoisotopic (exact) mass is 140 g/mol. The lowest BCUT2D eigenvalue weighted by Gasteiger charge is -2.35. The van der Waals surface area contributed by atoms with Crippen molar-refractivity contribution in [3.05, 3.63) is 0 Å². The Balaban J connectivity index is 1.78. The molecule has 1 heterocycles. The summed E-state index contributed by atoms with van der Waals surface area (Å²) in [7, 11) is 0. The van der Waals surface area contributed by atoms with Crippen molar-refractivity contribution in [2.75, 3.05) is 19.7 Å². The third kappa shape index (κ3) is 1.18. The Morgan fingerprint density at radius 1 is 1.30 bits per heavy atom. The molecular formula is C8H14NO. The zero-order valence-corrected chi connectivity index (χ0v) is 6.25. The summed E-state index contributed by atoms with van der Waals surface area (Å²) in [6.45, 7) is 2.75. The topological polar surface area (TPSA) is 23.3 Å². The molecule has 1 saturated carbocycles. The second-order valence-electron chi connectivity index (χ2n) is 3.23. The van der Waals surface area contributed by atoms with Crippen LogP contribution in [0.3, 0.4) is 0 Å². The Morgan fingerprint density at radius 2 is 2.20 bits per heavy atom. The molecule has 0 N–H and O–H groups in total. The fraction of sp³-hybridized carbons (Fsp3) is 1.00. The van der Waals surface area contributed by atoms with Gasteiger partial charge in [0.15, 0.2) is 0 Å². The molecule has 1 unspecified atom stereocenters. The Bertz CT molecular complexity index is 106. The van der Waals surface area contributed by atoms with Crippen molar-refractivity contribution >= 4 is 0 Å². The SMILES string of the molecule is C1CC(C2C[N]CCO2)C1. The van der Waals surface area contributed by atoms with Crippen molar-refractivity contribution < 1.29 is 4.74 Å². The van der Waals surface area contributed by atoms with E-state index in [1.807, 2.05) is 0 Å². The van der Waals surface area contributed by atoms with Gasteiger partial charge in [-0.05, 0) is 18.8 Å². The molecule has 1 aliphatic carbocycles. The fourth-order valence-electron chi connectivity index (χ4n) is 1.64. The van der Waals surface area contributed by atoms with Crippen molar-refractivity contribution in [2.24, 2.45) is 5.92 Å². The molecule has 10 heavy (non-hydrogen) atoms. The fourth-order valence-corrected chi connectivity index (χ4v) is 1.64. The average Bonchev–Trinajstić information content (AvgIpc) is 1.86. The van der Waals surface area contributed by atoms with Gasteiger partial charge in [0.1, 0.15) is 0 Å². The van der Waals surface area contributed by atoms with Gasteiger partial charge in [-0.25, -0.2) is 5.32 Å². The smallest absolute Gasteiger partial charge is 0.0744 e. The highest BCUT2D eigenvalue weighted by Crippen LogP contribution is 2.31. The van der Waals surface area contributed by atoms with E-state index in [-0.39, 0.29) is 0 Å². The maximum Gasteiger partial charge on any atom is 0.0744 e. The van der Waals surface area contributed by atoms with E-state index in [0.717, 1.165) is 25.6 Å². The highest BCUT2D eigenvalue weighted by atomic mass is 16.5. The van der Waals surface area contributed by atoms with Gasteiger partial charge in [-0.2, -0.15) is 0 Å². The van der Waals surface area contributed by atoms with Crippen molar-refractivity contribution in [1.29, 1.82) is 0 Å². The molecule has 1 aliphatic heterocycles. The van der Waals surface area contributed by atoms with E-state index in [2.05, 4.69) is 5.32 Å². The molecule has 1 atom stereocenters. The van der Waals surface area contributed by atoms with Gasteiger partial charge in [0.2, 0.25) is 0 Å². The summed E-state index contributed by atoms with van der Waals surface area (Å²) in [5, 5.41) is 4.34. The lowest BCUT2D eigenvalue weighted by molar-refractivity contribution is -0.0328. The lowest BCUT2D eigenvalue weighted by atomic mass is 9.81. The predicted molar refractivity (Wildman–Crippen MR) is 38.9 cm³/mol. The van der Waals surface area contributed by atoms with Gasteiger partial charge in [0, 0.05) is 13.1 Å². The highest BCUT2D eigenvalue weighted by molar-refractivity contribution is 4.81. The van der Waals surface area contributed by atoms with E-state index < -0.39 is 0 Å². The minimum absolute atomic E-state index is 0.488. The molecule has 57 valence electrons. The highest BCUT2D eigenvalue weighted by Gasteiger charge is 2.29. The van der Waals surface area contributed by atoms with E-state index in [1.54, 1.807) is 0 Å². The maximum absolute atomic E-state index is 5.59. The van der Waals surface area contributed by atoms with Gasteiger partial charge in [0.05, 0.1) is 12.7 Å². The number of nitrogens with zero attached hydrogens (tertiary/aromatic N) is 1. The summed E-state index contributed by atoms with van der Waals surface area (Å²) in [5.74, 6) is 0.851. The molecule has 0 bridgehead atoms. The molecule has 1 radical (unpaired) electrons. The molecule has 0 amide bonds. The van der Waals surface area contributed by atoms with E-state index in [4.69, 9.17) is 4.74 Å². The van der Waals surface area contributed by atoms with Crippen molar-refractivity contribution in [3.8, 4) is 0 Å². The predicted octanol–water partition coefficient (Wildman–Crippen LogP) is 0.790. The number of morpholine rings is 1. The molecular weight excluding hydrogens is 126 g/mol. The maximum atomic E-state index is 5.59. The van der Waals surface area contributed by atoms with Gasteiger partial charge in [0.25, 0.3) is 0 Å². The Morgan fingerprint density at radius 3 is 2.70 bits per heavy atom. The summed E-state index contributed by atoms with van der Waals surface area (Å²) >= 11 is 0.